The van der Waals surface area contributed by atoms with E-state index in [2.05, 4.69) is 6.07 Å². The molecule has 0 aliphatic carbocycles. The molecule has 1 rings (SSSR count). The summed E-state index contributed by atoms with van der Waals surface area (Å²) in [4.78, 5) is 0.575. The minimum absolute atomic E-state index is 0.438. The third-order valence-electron chi connectivity index (χ3n) is 1.25. The fourth-order valence-corrected chi connectivity index (χ4v) is 1.43. The van der Waals surface area contributed by atoms with Gasteiger partial charge in [0.2, 0.25) is 0 Å². The molecule has 0 aliphatic rings. The van der Waals surface area contributed by atoms with Gasteiger partial charge in [-0.15, -0.1) is 0 Å². The molecule has 0 heterocycles. The smallest absolute Gasteiger partial charge is 0.170 e. The molecule has 1 aromatic rings. The Morgan fingerprint density at radius 3 is 2.91 bits per heavy atom. The fraction of sp³-hybridized carbons (Fsp3) is 0.125. The van der Waals surface area contributed by atoms with Gasteiger partial charge in [-0.2, -0.15) is 5.26 Å². The Hall–Kier alpha value is -0.980. The van der Waals surface area contributed by atoms with E-state index >= 15 is 0 Å². The summed E-state index contributed by atoms with van der Waals surface area (Å²) in [5.41, 5.74) is 0.438. The Balaban J connectivity index is 3.15. The molecule has 0 fully saturated rings. The summed E-state index contributed by atoms with van der Waals surface area (Å²) in [5, 5.41) is 8.56. The van der Waals surface area contributed by atoms with E-state index in [-0.39, 0.29) is 0 Å². The van der Waals surface area contributed by atoms with Gasteiger partial charge in [0.1, 0.15) is 17.9 Å². The molecule has 0 bridgehead atoms. The standard InChI is InChI=1S/C8H6NOS/c1-11(10)8-5-3-2-4-7(8)6-9/h3-5H,1H3. The summed E-state index contributed by atoms with van der Waals surface area (Å²) in [6, 6.07) is 9.54. The summed E-state index contributed by atoms with van der Waals surface area (Å²) in [5.74, 6) is 0. The zero-order valence-corrected chi connectivity index (χ0v) is 6.81. The molecule has 55 valence electrons. The average Bonchev–Trinajstić information content (AvgIpc) is 2.04. The van der Waals surface area contributed by atoms with Crippen molar-refractivity contribution in [3.8, 4) is 6.07 Å². The maximum Gasteiger partial charge on any atom is 0.170 e. The van der Waals surface area contributed by atoms with E-state index in [9.17, 15) is 4.55 Å². The SMILES string of the molecule is C[S+]([O-])c1cc[c]cc1C#N. The predicted molar refractivity (Wildman–Crippen MR) is 42.3 cm³/mol. The maximum absolute atomic E-state index is 11.0. The lowest BCUT2D eigenvalue weighted by atomic mass is 10.2. The molecule has 1 aromatic carbocycles. The first-order chi connectivity index (χ1) is 5.25. The van der Waals surface area contributed by atoms with Gasteiger partial charge >= 0.3 is 0 Å². The predicted octanol–water partition coefficient (Wildman–Crippen LogP) is 1.10. The minimum Gasteiger partial charge on any atom is -0.612 e. The van der Waals surface area contributed by atoms with Crippen molar-refractivity contribution in [3.63, 3.8) is 0 Å². The van der Waals surface area contributed by atoms with Gasteiger partial charge < -0.3 is 4.55 Å². The fourth-order valence-electron chi connectivity index (χ4n) is 0.754. The van der Waals surface area contributed by atoms with Crippen LogP contribution in [0, 0.1) is 17.4 Å². The van der Waals surface area contributed by atoms with Gasteiger partial charge in [-0.25, -0.2) is 0 Å². The summed E-state index contributed by atoms with van der Waals surface area (Å²) < 4.78 is 11.0. The van der Waals surface area contributed by atoms with Crippen LogP contribution in [0.4, 0.5) is 0 Å². The van der Waals surface area contributed by atoms with E-state index in [0.717, 1.165) is 0 Å². The van der Waals surface area contributed by atoms with Gasteiger partial charge in [0.15, 0.2) is 4.90 Å². The number of rotatable bonds is 1. The highest BCUT2D eigenvalue weighted by Gasteiger charge is 2.08. The molecule has 0 saturated heterocycles. The Bertz CT molecular complexity index is 290. The first kappa shape index (κ1) is 8.12. The van der Waals surface area contributed by atoms with Crippen LogP contribution in [0.1, 0.15) is 5.56 Å². The van der Waals surface area contributed by atoms with Gasteiger partial charge in [0.25, 0.3) is 0 Å². The molecular formula is C8H6NOS. The van der Waals surface area contributed by atoms with Crippen molar-refractivity contribution in [2.45, 2.75) is 4.90 Å². The molecule has 1 atom stereocenters. The quantitative estimate of drug-likeness (QED) is 0.583. The zero-order valence-electron chi connectivity index (χ0n) is 6.00. The first-order valence-electron chi connectivity index (χ1n) is 2.99. The van der Waals surface area contributed by atoms with Crippen LogP contribution in [0.2, 0.25) is 0 Å². The number of nitrogens with zero attached hydrogens (tertiary/aromatic N) is 1. The van der Waals surface area contributed by atoms with Crippen LogP contribution >= 0.6 is 0 Å². The van der Waals surface area contributed by atoms with E-state index < -0.39 is 11.2 Å². The van der Waals surface area contributed by atoms with Crippen molar-refractivity contribution >= 4 is 11.2 Å². The van der Waals surface area contributed by atoms with Crippen LogP contribution in [-0.2, 0) is 11.2 Å². The van der Waals surface area contributed by atoms with E-state index in [0.29, 0.717) is 10.5 Å². The second kappa shape index (κ2) is 3.42. The molecular weight excluding hydrogens is 158 g/mol. The van der Waals surface area contributed by atoms with Crippen molar-refractivity contribution < 1.29 is 4.55 Å². The van der Waals surface area contributed by atoms with Crippen molar-refractivity contribution in [3.05, 3.63) is 29.8 Å². The summed E-state index contributed by atoms with van der Waals surface area (Å²) in [6.45, 7) is 0. The van der Waals surface area contributed by atoms with Crippen molar-refractivity contribution in [2.75, 3.05) is 6.26 Å². The van der Waals surface area contributed by atoms with Crippen LogP contribution in [-0.4, -0.2) is 10.8 Å². The zero-order chi connectivity index (χ0) is 8.27. The third-order valence-corrected chi connectivity index (χ3v) is 2.23. The molecule has 1 radical (unpaired) electrons. The lowest BCUT2D eigenvalue weighted by Crippen LogP contribution is -1.99. The van der Waals surface area contributed by atoms with Gasteiger partial charge in [-0.1, -0.05) is 0 Å². The van der Waals surface area contributed by atoms with Crippen molar-refractivity contribution in [1.29, 1.82) is 5.26 Å². The molecule has 1 unspecified atom stereocenters. The number of nitriles is 1. The summed E-state index contributed by atoms with van der Waals surface area (Å²) in [6.07, 6.45) is 1.55. The molecule has 0 saturated carbocycles. The Morgan fingerprint density at radius 2 is 2.45 bits per heavy atom. The largest absolute Gasteiger partial charge is 0.612 e. The summed E-state index contributed by atoms with van der Waals surface area (Å²) in [7, 11) is 0. The van der Waals surface area contributed by atoms with E-state index in [1.165, 1.54) is 6.07 Å². The Labute approximate surface area is 68.6 Å². The molecule has 0 aliphatic heterocycles. The monoisotopic (exact) mass is 164 g/mol. The van der Waals surface area contributed by atoms with E-state index in [1.807, 2.05) is 6.07 Å². The van der Waals surface area contributed by atoms with Crippen molar-refractivity contribution in [2.24, 2.45) is 0 Å². The highest BCUT2D eigenvalue weighted by molar-refractivity contribution is 7.90. The number of benzene rings is 1. The highest BCUT2D eigenvalue weighted by Crippen LogP contribution is 2.12. The molecule has 3 heteroatoms. The first-order valence-corrected chi connectivity index (χ1v) is 4.55. The van der Waals surface area contributed by atoms with Gasteiger partial charge in [0, 0.05) is 0 Å². The van der Waals surface area contributed by atoms with Crippen LogP contribution in [0.15, 0.2) is 23.1 Å². The molecule has 0 aromatic heterocycles. The van der Waals surface area contributed by atoms with Crippen molar-refractivity contribution in [1.82, 2.24) is 0 Å². The normalized spacial score (nSPS) is 12.1. The summed E-state index contributed by atoms with van der Waals surface area (Å²) >= 11 is -1.08. The lowest BCUT2D eigenvalue weighted by molar-refractivity contribution is 0.600. The molecule has 11 heavy (non-hydrogen) atoms. The topological polar surface area (TPSA) is 46.8 Å². The van der Waals surface area contributed by atoms with Crippen LogP contribution in [0.25, 0.3) is 0 Å². The maximum atomic E-state index is 11.0. The number of hydrogen-bond donors (Lipinski definition) is 0. The van der Waals surface area contributed by atoms with Crippen LogP contribution < -0.4 is 0 Å². The molecule has 0 spiro atoms. The molecule has 0 amide bonds. The van der Waals surface area contributed by atoms with Crippen LogP contribution in [0.3, 0.4) is 0 Å². The van der Waals surface area contributed by atoms with Gasteiger partial charge in [-0.05, 0) is 35.4 Å². The highest BCUT2D eigenvalue weighted by atomic mass is 32.2. The third kappa shape index (κ3) is 1.73. The van der Waals surface area contributed by atoms with E-state index in [4.69, 9.17) is 5.26 Å². The average molecular weight is 164 g/mol. The number of hydrogen-bond acceptors (Lipinski definition) is 2. The Kier molecular flexibility index (Phi) is 2.53. The second-order valence-corrected chi connectivity index (χ2v) is 3.34. The van der Waals surface area contributed by atoms with Crippen LogP contribution in [0.5, 0.6) is 0 Å². The molecule has 2 nitrogen and oxygen atoms in total. The minimum atomic E-state index is -1.08. The Morgan fingerprint density at radius 1 is 1.73 bits per heavy atom. The molecule has 0 N–H and O–H groups in total. The van der Waals surface area contributed by atoms with Gasteiger partial charge in [0.05, 0.1) is 0 Å². The van der Waals surface area contributed by atoms with E-state index in [1.54, 1.807) is 18.4 Å². The second-order valence-electron chi connectivity index (χ2n) is 1.99. The van der Waals surface area contributed by atoms with Gasteiger partial charge in [-0.3, -0.25) is 0 Å². The lowest BCUT2D eigenvalue weighted by Gasteiger charge is -2.03.